The van der Waals surface area contributed by atoms with Gasteiger partial charge in [0.05, 0.1) is 5.56 Å². The van der Waals surface area contributed by atoms with Crippen LogP contribution in [0.2, 0.25) is 0 Å². The minimum Gasteiger partial charge on any atom is -0.366 e. The molecule has 7 heteroatoms. The molecule has 148 valence electrons. The molecule has 6 nitrogen and oxygen atoms in total. The quantitative estimate of drug-likeness (QED) is 0.570. The lowest BCUT2D eigenvalue weighted by molar-refractivity contribution is -0.114. The molecule has 0 saturated heterocycles. The van der Waals surface area contributed by atoms with Crippen LogP contribution in [0, 0.1) is 0 Å². The third kappa shape index (κ3) is 4.89. The van der Waals surface area contributed by atoms with Gasteiger partial charge in [0.15, 0.2) is 0 Å². The van der Waals surface area contributed by atoms with Gasteiger partial charge in [0.1, 0.15) is 5.00 Å². The first-order valence-electron chi connectivity index (χ1n) is 9.02. The number of nitrogens with two attached hydrogens (primary N) is 1. The zero-order valence-corrected chi connectivity index (χ0v) is 16.9. The van der Waals surface area contributed by atoms with Crippen LogP contribution >= 0.6 is 11.3 Å². The fourth-order valence-corrected chi connectivity index (χ4v) is 4.06. The van der Waals surface area contributed by atoms with Gasteiger partial charge in [-0.1, -0.05) is 43.3 Å². The summed E-state index contributed by atoms with van der Waals surface area (Å²) < 4.78 is 0. The van der Waals surface area contributed by atoms with Crippen LogP contribution in [0.25, 0.3) is 0 Å². The summed E-state index contributed by atoms with van der Waals surface area (Å²) in [5, 5.41) is 5.83. The van der Waals surface area contributed by atoms with Gasteiger partial charge >= 0.3 is 0 Å². The molecular formula is C22H21N3O3S. The molecule has 1 aromatic heterocycles. The third-order valence-corrected chi connectivity index (χ3v) is 5.65. The summed E-state index contributed by atoms with van der Waals surface area (Å²) in [5.41, 5.74) is 7.79. The lowest BCUT2D eigenvalue weighted by Crippen LogP contribution is -2.16. The number of hydrogen-bond acceptors (Lipinski definition) is 4. The van der Waals surface area contributed by atoms with Crippen LogP contribution in [0.1, 0.15) is 50.9 Å². The van der Waals surface area contributed by atoms with E-state index in [1.54, 1.807) is 30.3 Å². The Kier molecular flexibility index (Phi) is 6.09. The number of carbonyl (C=O) groups excluding carboxylic acids is 3. The Morgan fingerprint density at radius 3 is 2.34 bits per heavy atom. The topological polar surface area (TPSA) is 101 Å². The lowest BCUT2D eigenvalue weighted by Gasteiger charge is -2.09. The van der Waals surface area contributed by atoms with Crippen molar-refractivity contribution in [1.29, 1.82) is 0 Å². The van der Waals surface area contributed by atoms with Gasteiger partial charge in [0.2, 0.25) is 5.91 Å². The minimum atomic E-state index is -0.602. The van der Waals surface area contributed by atoms with E-state index in [1.807, 2.05) is 37.3 Å². The van der Waals surface area contributed by atoms with Crippen LogP contribution in [-0.2, 0) is 4.79 Å². The third-order valence-electron chi connectivity index (χ3n) is 4.42. The zero-order chi connectivity index (χ0) is 21.0. The van der Waals surface area contributed by atoms with Gasteiger partial charge < -0.3 is 16.4 Å². The first-order chi connectivity index (χ1) is 13.8. The Hall–Kier alpha value is -3.45. The molecule has 3 aromatic rings. The van der Waals surface area contributed by atoms with E-state index in [-0.39, 0.29) is 23.3 Å². The molecule has 1 heterocycles. The molecule has 4 N–H and O–H groups in total. The lowest BCUT2D eigenvalue weighted by atomic mass is 9.99. The van der Waals surface area contributed by atoms with Crippen LogP contribution in [-0.4, -0.2) is 17.7 Å². The van der Waals surface area contributed by atoms with Gasteiger partial charge in [-0.15, -0.1) is 11.3 Å². The number of benzene rings is 2. The predicted octanol–water partition coefficient (Wildman–Crippen LogP) is 4.21. The normalized spacial score (nSPS) is 11.5. The van der Waals surface area contributed by atoms with Crippen molar-refractivity contribution in [3.8, 4) is 0 Å². The summed E-state index contributed by atoms with van der Waals surface area (Å²) in [4.78, 5) is 36.8. The maximum absolute atomic E-state index is 12.7. The molecule has 2 aromatic carbocycles. The fourth-order valence-electron chi connectivity index (χ4n) is 2.92. The van der Waals surface area contributed by atoms with Crippen LogP contribution < -0.4 is 16.4 Å². The SMILES string of the molecule is CC(=O)Nc1cccc(C(=O)Nc2sc(C(C)c3ccccc3)cc2C(N)=O)c1. The molecule has 3 amide bonds. The van der Waals surface area contributed by atoms with Crippen LogP contribution in [0.4, 0.5) is 10.7 Å². The van der Waals surface area contributed by atoms with Gasteiger partial charge in [0.25, 0.3) is 11.8 Å². The smallest absolute Gasteiger partial charge is 0.256 e. The summed E-state index contributed by atoms with van der Waals surface area (Å²) >= 11 is 1.33. The van der Waals surface area contributed by atoms with E-state index in [1.165, 1.54) is 18.3 Å². The number of rotatable bonds is 6. The number of carbonyl (C=O) groups is 3. The van der Waals surface area contributed by atoms with E-state index < -0.39 is 5.91 Å². The second kappa shape index (κ2) is 8.70. The Morgan fingerprint density at radius 1 is 0.966 bits per heavy atom. The molecule has 0 aliphatic carbocycles. The number of primary amides is 1. The summed E-state index contributed by atoms with van der Waals surface area (Å²) in [6, 6.07) is 18.2. The van der Waals surface area contributed by atoms with Gasteiger partial charge in [-0.3, -0.25) is 14.4 Å². The van der Waals surface area contributed by atoms with E-state index in [2.05, 4.69) is 10.6 Å². The van der Waals surface area contributed by atoms with E-state index >= 15 is 0 Å². The number of anilines is 2. The van der Waals surface area contributed by atoms with Gasteiger partial charge in [-0.25, -0.2) is 0 Å². The fraction of sp³-hybridized carbons (Fsp3) is 0.136. The van der Waals surface area contributed by atoms with Crippen molar-refractivity contribution in [1.82, 2.24) is 0 Å². The number of nitrogens with one attached hydrogen (secondary N) is 2. The molecule has 0 radical (unpaired) electrons. The standard InChI is InChI=1S/C22H21N3O3S/c1-13(15-7-4-3-5-8-15)19-12-18(20(23)27)22(29-19)25-21(28)16-9-6-10-17(11-16)24-14(2)26/h3-13H,1-2H3,(H2,23,27)(H,24,26)(H,25,28). The monoisotopic (exact) mass is 407 g/mol. The van der Waals surface area contributed by atoms with Crippen molar-refractivity contribution < 1.29 is 14.4 Å². The molecule has 0 fully saturated rings. The summed E-state index contributed by atoms with van der Waals surface area (Å²) in [6.45, 7) is 3.43. The Bertz CT molecular complexity index is 1060. The first kappa shape index (κ1) is 20.3. The summed E-state index contributed by atoms with van der Waals surface area (Å²) in [7, 11) is 0. The first-order valence-corrected chi connectivity index (χ1v) is 9.84. The maximum atomic E-state index is 12.7. The highest BCUT2D eigenvalue weighted by Crippen LogP contribution is 2.36. The molecule has 0 aliphatic rings. The summed E-state index contributed by atoms with van der Waals surface area (Å²) in [5.74, 6) is -1.17. The van der Waals surface area contributed by atoms with Crippen molar-refractivity contribution in [2.75, 3.05) is 10.6 Å². The van der Waals surface area contributed by atoms with Crippen molar-refractivity contribution in [3.05, 3.63) is 82.2 Å². The molecule has 0 saturated carbocycles. The molecule has 0 spiro atoms. The van der Waals surface area contributed by atoms with Gasteiger partial charge in [0, 0.05) is 29.0 Å². The Labute approximate surface area is 172 Å². The average Bonchev–Trinajstić information content (AvgIpc) is 3.12. The molecule has 3 rings (SSSR count). The van der Waals surface area contributed by atoms with Crippen molar-refractivity contribution >= 4 is 39.7 Å². The second-order valence-corrected chi connectivity index (χ2v) is 7.69. The molecule has 1 unspecified atom stereocenters. The number of hydrogen-bond donors (Lipinski definition) is 3. The highest BCUT2D eigenvalue weighted by molar-refractivity contribution is 7.16. The highest BCUT2D eigenvalue weighted by atomic mass is 32.1. The average molecular weight is 407 g/mol. The molecule has 0 bridgehead atoms. The molecule has 29 heavy (non-hydrogen) atoms. The van der Waals surface area contributed by atoms with E-state index in [0.29, 0.717) is 16.3 Å². The predicted molar refractivity (Wildman–Crippen MR) is 115 cm³/mol. The zero-order valence-electron chi connectivity index (χ0n) is 16.1. The van der Waals surface area contributed by atoms with E-state index in [4.69, 9.17) is 5.73 Å². The number of amides is 3. The van der Waals surface area contributed by atoms with Gasteiger partial charge in [-0.05, 0) is 29.8 Å². The van der Waals surface area contributed by atoms with Crippen LogP contribution in [0.15, 0.2) is 60.7 Å². The largest absolute Gasteiger partial charge is 0.366 e. The van der Waals surface area contributed by atoms with E-state index in [0.717, 1.165) is 10.4 Å². The molecular weight excluding hydrogens is 386 g/mol. The molecule has 0 aliphatic heterocycles. The van der Waals surface area contributed by atoms with Crippen molar-refractivity contribution in [2.45, 2.75) is 19.8 Å². The second-order valence-electron chi connectivity index (χ2n) is 6.60. The molecule has 1 atom stereocenters. The Morgan fingerprint density at radius 2 is 1.69 bits per heavy atom. The van der Waals surface area contributed by atoms with Crippen molar-refractivity contribution in [3.63, 3.8) is 0 Å². The maximum Gasteiger partial charge on any atom is 0.256 e. The van der Waals surface area contributed by atoms with Gasteiger partial charge in [-0.2, -0.15) is 0 Å². The Balaban J connectivity index is 1.87. The number of thiophene rings is 1. The highest BCUT2D eigenvalue weighted by Gasteiger charge is 2.20. The summed E-state index contributed by atoms with van der Waals surface area (Å²) in [6.07, 6.45) is 0. The van der Waals surface area contributed by atoms with Crippen LogP contribution in [0.3, 0.4) is 0 Å². The van der Waals surface area contributed by atoms with E-state index in [9.17, 15) is 14.4 Å². The van der Waals surface area contributed by atoms with Crippen LogP contribution in [0.5, 0.6) is 0 Å². The minimum absolute atomic E-state index is 0.0491. The van der Waals surface area contributed by atoms with Crippen molar-refractivity contribution in [2.24, 2.45) is 5.73 Å².